The summed E-state index contributed by atoms with van der Waals surface area (Å²) in [4.78, 5) is 24.0. The number of carbonyl (C=O) groups is 2. The molecule has 17 heavy (non-hydrogen) atoms. The maximum atomic E-state index is 11.1. The summed E-state index contributed by atoms with van der Waals surface area (Å²) in [7, 11) is 3.89. The molecule has 86 valence electrons. The lowest BCUT2D eigenvalue weighted by atomic mass is 9.99. The molecule has 0 spiro atoms. The van der Waals surface area contributed by atoms with E-state index in [4.69, 9.17) is 0 Å². The van der Waals surface area contributed by atoms with Gasteiger partial charge in [-0.1, -0.05) is 24.3 Å². The van der Waals surface area contributed by atoms with Crippen molar-refractivity contribution < 1.29 is 9.59 Å². The second-order valence-electron chi connectivity index (χ2n) is 4.07. The first-order chi connectivity index (χ1) is 8.19. The number of carbonyl (C=O) groups excluding carboxylic acids is 2. The first kappa shape index (κ1) is 11.3. The summed E-state index contributed by atoms with van der Waals surface area (Å²) in [6.45, 7) is 0. The number of hydrogen-bond acceptors (Lipinski definition) is 3. The second kappa shape index (κ2) is 4.37. The van der Waals surface area contributed by atoms with Gasteiger partial charge in [-0.05, 0) is 11.5 Å². The summed E-state index contributed by atoms with van der Waals surface area (Å²) in [6.07, 6.45) is 1.46. The molecule has 0 aromatic heterocycles. The zero-order valence-electron chi connectivity index (χ0n) is 9.81. The first-order valence-corrected chi connectivity index (χ1v) is 5.32. The molecule has 0 unspecified atom stereocenters. The molecule has 0 saturated heterocycles. The molecule has 2 aromatic carbocycles. The average molecular weight is 227 g/mol. The summed E-state index contributed by atoms with van der Waals surface area (Å²) in [5.41, 5.74) is 1.92. The molecule has 0 N–H and O–H groups in total. The topological polar surface area (TPSA) is 37.4 Å². The van der Waals surface area contributed by atoms with Crippen LogP contribution in [0, 0.1) is 0 Å². The van der Waals surface area contributed by atoms with Gasteiger partial charge in [0, 0.05) is 36.3 Å². The maximum absolute atomic E-state index is 11.1. The lowest BCUT2D eigenvalue weighted by Gasteiger charge is -2.16. The number of benzene rings is 2. The lowest BCUT2D eigenvalue weighted by molar-refractivity contribution is 0.109. The van der Waals surface area contributed by atoms with Gasteiger partial charge < -0.3 is 4.90 Å². The standard InChI is InChI=1S/C14H13NO2/c1-15(2)14-5-3-4-11-12(14)7-6-10(8-16)13(11)9-17/h3-9H,1-2H3. The van der Waals surface area contributed by atoms with Crippen LogP contribution in [0.3, 0.4) is 0 Å². The highest BCUT2D eigenvalue weighted by Crippen LogP contribution is 2.28. The molecular formula is C14H13NO2. The van der Waals surface area contributed by atoms with Gasteiger partial charge in [0.25, 0.3) is 0 Å². The molecule has 0 amide bonds. The van der Waals surface area contributed by atoms with Gasteiger partial charge in [0.2, 0.25) is 0 Å². The minimum atomic E-state index is 0.434. The van der Waals surface area contributed by atoms with E-state index < -0.39 is 0 Å². The van der Waals surface area contributed by atoms with Gasteiger partial charge >= 0.3 is 0 Å². The minimum Gasteiger partial charge on any atom is -0.377 e. The molecule has 0 radical (unpaired) electrons. The number of aldehydes is 2. The smallest absolute Gasteiger partial charge is 0.151 e. The van der Waals surface area contributed by atoms with E-state index in [0.29, 0.717) is 17.4 Å². The van der Waals surface area contributed by atoms with Gasteiger partial charge in [-0.2, -0.15) is 0 Å². The van der Waals surface area contributed by atoms with Crippen molar-refractivity contribution >= 4 is 29.0 Å². The van der Waals surface area contributed by atoms with E-state index in [9.17, 15) is 9.59 Å². The van der Waals surface area contributed by atoms with Crippen molar-refractivity contribution in [2.75, 3.05) is 19.0 Å². The molecule has 0 atom stereocenters. The van der Waals surface area contributed by atoms with Gasteiger partial charge in [-0.3, -0.25) is 9.59 Å². The van der Waals surface area contributed by atoms with Crippen molar-refractivity contribution in [2.24, 2.45) is 0 Å². The highest BCUT2D eigenvalue weighted by atomic mass is 16.1. The Kier molecular flexibility index (Phi) is 2.91. The van der Waals surface area contributed by atoms with E-state index in [1.54, 1.807) is 6.07 Å². The van der Waals surface area contributed by atoms with E-state index in [1.165, 1.54) is 0 Å². The SMILES string of the molecule is CN(C)c1cccc2c(C=O)c(C=O)ccc12. The normalized spacial score (nSPS) is 10.2. The van der Waals surface area contributed by atoms with E-state index in [2.05, 4.69) is 0 Å². The van der Waals surface area contributed by atoms with Crippen molar-refractivity contribution in [1.82, 2.24) is 0 Å². The van der Waals surface area contributed by atoms with Crippen LogP contribution >= 0.6 is 0 Å². The Morgan fingerprint density at radius 1 is 0.941 bits per heavy atom. The highest BCUT2D eigenvalue weighted by Gasteiger charge is 2.09. The van der Waals surface area contributed by atoms with Crippen LogP contribution in [0.5, 0.6) is 0 Å². The molecule has 0 bridgehead atoms. The zero-order valence-corrected chi connectivity index (χ0v) is 9.81. The Bertz CT molecular complexity index is 588. The van der Waals surface area contributed by atoms with Crippen LogP contribution in [0.15, 0.2) is 30.3 Å². The molecule has 2 rings (SSSR count). The first-order valence-electron chi connectivity index (χ1n) is 5.32. The predicted molar refractivity (Wildman–Crippen MR) is 69.1 cm³/mol. The van der Waals surface area contributed by atoms with Crippen LogP contribution in [0.1, 0.15) is 20.7 Å². The van der Waals surface area contributed by atoms with Gasteiger partial charge in [0.05, 0.1) is 0 Å². The van der Waals surface area contributed by atoms with Crippen LogP contribution in [-0.4, -0.2) is 26.7 Å². The van der Waals surface area contributed by atoms with Crippen LogP contribution in [0.25, 0.3) is 10.8 Å². The van der Waals surface area contributed by atoms with Crippen molar-refractivity contribution in [3.05, 3.63) is 41.5 Å². The molecule has 0 heterocycles. The molecule has 0 aliphatic heterocycles. The number of anilines is 1. The monoisotopic (exact) mass is 227 g/mol. The number of nitrogens with zero attached hydrogens (tertiary/aromatic N) is 1. The third-order valence-corrected chi connectivity index (χ3v) is 2.84. The quantitative estimate of drug-likeness (QED) is 0.756. The molecule has 0 saturated carbocycles. The Hall–Kier alpha value is -2.16. The number of hydrogen-bond donors (Lipinski definition) is 0. The average Bonchev–Trinajstić information content (AvgIpc) is 2.36. The number of fused-ring (bicyclic) bond motifs is 1. The Balaban J connectivity index is 2.87. The fraction of sp³-hybridized carbons (Fsp3) is 0.143. The fourth-order valence-electron chi connectivity index (χ4n) is 2.01. The molecule has 0 aliphatic rings. The van der Waals surface area contributed by atoms with Crippen molar-refractivity contribution in [1.29, 1.82) is 0 Å². The zero-order chi connectivity index (χ0) is 12.4. The molecular weight excluding hydrogens is 214 g/mol. The second-order valence-corrected chi connectivity index (χ2v) is 4.07. The van der Waals surface area contributed by atoms with E-state index in [-0.39, 0.29) is 0 Å². The summed E-state index contributed by atoms with van der Waals surface area (Å²) in [5.74, 6) is 0. The van der Waals surface area contributed by atoms with Crippen molar-refractivity contribution in [2.45, 2.75) is 0 Å². The molecule has 0 fully saturated rings. The molecule has 3 nitrogen and oxygen atoms in total. The predicted octanol–water partition coefficient (Wildman–Crippen LogP) is 2.53. The van der Waals surface area contributed by atoms with Crippen LogP contribution in [0.4, 0.5) is 5.69 Å². The largest absolute Gasteiger partial charge is 0.377 e. The van der Waals surface area contributed by atoms with Crippen LogP contribution < -0.4 is 4.90 Å². The van der Waals surface area contributed by atoms with E-state index in [0.717, 1.165) is 22.7 Å². The van der Waals surface area contributed by atoms with Gasteiger partial charge in [0.15, 0.2) is 12.6 Å². The molecule has 3 heteroatoms. The third-order valence-electron chi connectivity index (χ3n) is 2.84. The van der Waals surface area contributed by atoms with Gasteiger partial charge in [-0.25, -0.2) is 0 Å². The Morgan fingerprint density at radius 3 is 2.29 bits per heavy atom. The van der Waals surface area contributed by atoms with Crippen LogP contribution in [0.2, 0.25) is 0 Å². The maximum Gasteiger partial charge on any atom is 0.151 e. The van der Waals surface area contributed by atoms with Gasteiger partial charge in [0.1, 0.15) is 0 Å². The minimum absolute atomic E-state index is 0.434. The van der Waals surface area contributed by atoms with Crippen LogP contribution in [-0.2, 0) is 0 Å². The third kappa shape index (κ3) is 1.80. The van der Waals surface area contributed by atoms with Crippen molar-refractivity contribution in [3.63, 3.8) is 0 Å². The molecule has 2 aromatic rings. The summed E-state index contributed by atoms with van der Waals surface area (Å²) >= 11 is 0. The molecule has 0 aliphatic carbocycles. The summed E-state index contributed by atoms with van der Waals surface area (Å²) < 4.78 is 0. The Labute approximate surface area is 99.7 Å². The number of rotatable bonds is 3. The summed E-state index contributed by atoms with van der Waals surface area (Å²) in [5, 5.41) is 1.79. The highest BCUT2D eigenvalue weighted by molar-refractivity contribution is 6.08. The van der Waals surface area contributed by atoms with Crippen molar-refractivity contribution in [3.8, 4) is 0 Å². The van der Waals surface area contributed by atoms with Gasteiger partial charge in [-0.15, -0.1) is 0 Å². The summed E-state index contributed by atoms with van der Waals surface area (Å²) in [6, 6.07) is 9.29. The van der Waals surface area contributed by atoms with E-state index >= 15 is 0 Å². The fourth-order valence-corrected chi connectivity index (χ4v) is 2.01. The van der Waals surface area contributed by atoms with E-state index in [1.807, 2.05) is 43.3 Å². The Morgan fingerprint density at radius 2 is 1.71 bits per heavy atom. The lowest BCUT2D eigenvalue weighted by Crippen LogP contribution is -2.09.